The molecule has 4 aliphatic carbocycles. The van der Waals surface area contributed by atoms with Crippen molar-refractivity contribution in [2.45, 2.75) is 95.1 Å². The second-order valence-electron chi connectivity index (χ2n) is 10.9. The van der Waals surface area contributed by atoms with E-state index >= 15 is 0 Å². The van der Waals surface area contributed by atoms with Gasteiger partial charge in [0.25, 0.3) is 0 Å². The lowest BCUT2D eigenvalue weighted by Gasteiger charge is -2.57. The van der Waals surface area contributed by atoms with Crippen molar-refractivity contribution in [2.75, 3.05) is 33.2 Å². The molecule has 5 rings (SSSR count). The Bertz CT molecular complexity index is 637. The van der Waals surface area contributed by atoms with Crippen molar-refractivity contribution in [3.8, 4) is 0 Å². The van der Waals surface area contributed by atoms with Gasteiger partial charge in [-0.1, -0.05) is 32.1 Å². The minimum absolute atomic E-state index is 0.0341. The summed E-state index contributed by atoms with van der Waals surface area (Å²) < 4.78 is 0. The van der Waals surface area contributed by atoms with Crippen LogP contribution in [0.3, 0.4) is 0 Å². The maximum atomic E-state index is 13.6. The van der Waals surface area contributed by atoms with E-state index < -0.39 is 6.09 Å². The van der Waals surface area contributed by atoms with Crippen LogP contribution in [0.1, 0.15) is 83.5 Å². The van der Waals surface area contributed by atoms with Crippen LogP contribution in [0.5, 0.6) is 0 Å². The van der Waals surface area contributed by atoms with Crippen LogP contribution in [0.25, 0.3) is 0 Å². The number of fused-ring (bicyclic) bond motifs is 3. The van der Waals surface area contributed by atoms with Crippen LogP contribution in [0.2, 0.25) is 0 Å². The van der Waals surface area contributed by atoms with E-state index in [4.69, 9.17) is 5.73 Å². The topological polar surface area (TPSA) is 90.1 Å². The lowest BCUT2D eigenvalue weighted by atomic mass is 9.57. The highest BCUT2D eigenvalue weighted by Gasteiger charge is 2.52. The minimum atomic E-state index is -0.830. The van der Waals surface area contributed by atoms with Gasteiger partial charge in [0.15, 0.2) is 0 Å². The molecule has 4 saturated carbocycles. The fourth-order valence-corrected chi connectivity index (χ4v) is 6.97. The van der Waals surface area contributed by atoms with Crippen molar-refractivity contribution in [3.63, 3.8) is 0 Å². The lowest BCUT2D eigenvalue weighted by Crippen LogP contribution is -2.64. The summed E-state index contributed by atoms with van der Waals surface area (Å²) in [6.07, 6.45) is 14.0. The number of nitrogens with zero attached hydrogens (tertiary/aromatic N) is 3. The summed E-state index contributed by atoms with van der Waals surface area (Å²) in [7, 11) is 1.98. The number of nitrogens with two attached hydrogens (primary N) is 1. The molecule has 1 atom stereocenters. The zero-order valence-electron chi connectivity index (χ0n) is 19.4. The predicted molar refractivity (Wildman–Crippen MR) is 121 cm³/mol. The summed E-state index contributed by atoms with van der Waals surface area (Å²) in [6.45, 7) is 2.24. The van der Waals surface area contributed by atoms with Gasteiger partial charge in [-0.25, -0.2) is 9.59 Å². The number of carbonyl (C=O) groups excluding carboxylic acids is 1. The summed E-state index contributed by atoms with van der Waals surface area (Å²) in [5.41, 5.74) is 6.35. The Hall–Kier alpha value is -1.50. The molecule has 5 fully saturated rings. The fourth-order valence-electron chi connectivity index (χ4n) is 6.97. The number of amides is 3. The Kier molecular flexibility index (Phi) is 6.71. The van der Waals surface area contributed by atoms with Gasteiger partial charge in [0, 0.05) is 32.2 Å². The molecule has 176 valence electrons. The monoisotopic (exact) mass is 434 g/mol. The molecule has 0 radical (unpaired) electrons. The highest BCUT2D eigenvalue weighted by atomic mass is 16.4. The van der Waals surface area contributed by atoms with Crippen molar-refractivity contribution in [3.05, 3.63) is 0 Å². The number of piperazine rings is 1. The SMILES string of the molecule is CN(C(=O)N1CCN(C(=O)O)C(C2CCCCCCC2)C1)C12CCC(CN)(CC1)CC2. The molecular formula is C24H42N4O3. The molecule has 1 heterocycles. The van der Waals surface area contributed by atoms with Gasteiger partial charge in [-0.15, -0.1) is 0 Å². The normalized spacial score (nSPS) is 34.8. The Morgan fingerprint density at radius 2 is 1.55 bits per heavy atom. The molecule has 7 heteroatoms. The van der Waals surface area contributed by atoms with Crippen LogP contribution in [0.15, 0.2) is 0 Å². The molecule has 3 N–H and O–H groups in total. The van der Waals surface area contributed by atoms with E-state index in [9.17, 15) is 14.7 Å². The average molecular weight is 435 g/mol. The molecule has 7 nitrogen and oxygen atoms in total. The van der Waals surface area contributed by atoms with Crippen molar-refractivity contribution in [1.29, 1.82) is 0 Å². The average Bonchev–Trinajstić information content (AvgIpc) is 2.78. The Morgan fingerprint density at radius 3 is 2.10 bits per heavy atom. The van der Waals surface area contributed by atoms with Crippen molar-refractivity contribution in [2.24, 2.45) is 17.1 Å². The summed E-state index contributed by atoms with van der Waals surface area (Å²) >= 11 is 0. The second-order valence-corrected chi connectivity index (χ2v) is 10.9. The molecule has 1 unspecified atom stereocenters. The summed E-state index contributed by atoms with van der Waals surface area (Å²) in [4.78, 5) is 31.2. The maximum Gasteiger partial charge on any atom is 0.407 e. The first kappa shape index (κ1) is 22.7. The van der Waals surface area contributed by atoms with E-state index in [-0.39, 0.29) is 17.6 Å². The summed E-state index contributed by atoms with van der Waals surface area (Å²) in [6, 6.07) is 0.0323. The zero-order chi connectivity index (χ0) is 22.1. The van der Waals surface area contributed by atoms with Gasteiger partial charge in [0.1, 0.15) is 0 Å². The standard InChI is InChI=1S/C24H42N4O3/c1-26(24-12-9-23(18-25,10-13-24)11-14-24)21(29)27-15-16-28(22(30)31)20(17-27)19-7-5-3-2-4-6-8-19/h19-20H,2-18,25H2,1H3,(H,30,31). The zero-order valence-corrected chi connectivity index (χ0v) is 19.4. The molecular weight excluding hydrogens is 392 g/mol. The van der Waals surface area contributed by atoms with Crippen LogP contribution in [-0.2, 0) is 0 Å². The molecule has 2 bridgehead atoms. The van der Waals surface area contributed by atoms with Crippen molar-refractivity contribution >= 4 is 12.1 Å². The first-order valence-electron chi connectivity index (χ1n) is 12.6. The van der Waals surface area contributed by atoms with Gasteiger partial charge in [-0.3, -0.25) is 0 Å². The molecule has 0 spiro atoms. The van der Waals surface area contributed by atoms with Gasteiger partial charge in [0.2, 0.25) is 0 Å². The van der Waals surface area contributed by atoms with Gasteiger partial charge < -0.3 is 25.5 Å². The minimum Gasteiger partial charge on any atom is -0.465 e. The van der Waals surface area contributed by atoms with E-state index in [0.29, 0.717) is 31.0 Å². The fraction of sp³-hybridized carbons (Fsp3) is 0.917. The quantitative estimate of drug-likeness (QED) is 0.699. The first-order valence-corrected chi connectivity index (χ1v) is 12.6. The van der Waals surface area contributed by atoms with Gasteiger partial charge >= 0.3 is 12.1 Å². The molecule has 3 amide bonds. The highest BCUT2D eigenvalue weighted by Crippen LogP contribution is 2.54. The third-order valence-corrected chi connectivity index (χ3v) is 9.42. The largest absolute Gasteiger partial charge is 0.465 e. The Morgan fingerprint density at radius 1 is 0.968 bits per heavy atom. The summed E-state index contributed by atoms with van der Waals surface area (Å²) in [5, 5.41) is 9.84. The first-order chi connectivity index (χ1) is 14.9. The van der Waals surface area contributed by atoms with Crippen LogP contribution in [0.4, 0.5) is 9.59 Å². The Balaban J connectivity index is 1.45. The van der Waals surface area contributed by atoms with E-state index in [0.717, 1.165) is 57.9 Å². The summed E-state index contributed by atoms with van der Waals surface area (Å²) in [5.74, 6) is 0.366. The number of carboxylic acid groups (broad SMARTS) is 1. The lowest BCUT2D eigenvalue weighted by molar-refractivity contribution is -0.0321. The van der Waals surface area contributed by atoms with Gasteiger partial charge in [-0.05, 0) is 69.2 Å². The molecule has 1 aliphatic heterocycles. The van der Waals surface area contributed by atoms with E-state index in [2.05, 4.69) is 0 Å². The number of rotatable bonds is 3. The van der Waals surface area contributed by atoms with Crippen LogP contribution in [0, 0.1) is 11.3 Å². The second kappa shape index (κ2) is 9.16. The molecule has 0 aromatic heterocycles. The van der Waals surface area contributed by atoms with Gasteiger partial charge in [-0.2, -0.15) is 0 Å². The van der Waals surface area contributed by atoms with E-state index in [1.165, 1.54) is 32.1 Å². The molecule has 31 heavy (non-hydrogen) atoms. The van der Waals surface area contributed by atoms with Crippen LogP contribution >= 0.6 is 0 Å². The maximum absolute atomic E-state index is 13.6. The van der Waals surface area contributed by atoms with Gasteiger partial charge in [0.05, 0.1) is 6.04 Å². The Labute approximate surface area is 187 Å². The predicted octanol–water partition coefficient (Wildman–Crippen LogP) is 4.11. The molecule has 5 aliphatic rings. The molecule has 0 aromatic carbocycles. The third-order valence-electron chi connectivity index (χ3n) is 9.42. The number of hydrogen-bond donors (Lipinski definition) is 2. The van der Waals surface area contributed by atoms with E-state index in [1.54, 1.807) is 4.90 Å². The molecule has 1 saturated heterocycles. The van der Waals surface area contributed by atoms with Crippen LogP contribution < -0.4 is 5.73 Å². The van der Waals surface area contributed by atoms with E-state index in [1.807, 2.05) is 16.8 Å². The number of carbonyl (C=O) groups is 2. The smallest absolute Gasteiger partial charge is 0.407 e. The number of urea groups is 1. The third kappa shape index (κ3) is 4.39. The highest BCUT2D eigenvalue weighted by molar-refractivity contribution is 5.76. The van der Waals surface area contributed by atoms with Crippen molar-refractivity contribution in [1.82, 2.24) is 14.7 Å². The number of hydrogen-bond acceptors (Lipinski definition) is 3. The molecule has 0 aromatic rings. The van der Waals surface area contributed by atoms with Crippen molar-refractivity contribution < 1.29 is 14.7 Å². The van der Waals surface area contributed by atoms with Crippen LogP contribution in [-0.4, -0.2) is 76.7 Å².